The summed E-state index contributed by atoms with van der Waals surface area (Å²) in [6.07, 6.45) is 0. The van der Waals surface area contributed by atoms with Crippen molar-refractivity contribution in [1.82, 2.24) is 0 Å². The van der Waals surface area contributed by atoms with E-state index in [0.717, 1.165) is 16.8 Å². The first-order valence-electron chi connectivity index (χ1n) is 5.83. The van der Waals surface area contributed by atoms with E-state index < -0.39 is 12.0 Å². The summed E-state index contributed by atoms with van der Waals surface area (Å²) in [5, 5.41) is 12.0. The zero-order chi connectivity index (χ0) is 13.3. The first-order chi connectivity index (χ1) is 7.77. The van der Waals surface area contributed by atoms with Gasteiger partial charge in [0.2, 0.25) is 0 Å². The van der Waals surface area contributed by atoms with E-state index >= 15 is 0 Å². The SMILES string of the molecule is Cc1c(C)c(C)c(N[C@@H](C)C(=O)O)c(C)c1C. The fourth-order valence-corrected chi connectivity index (χ4v) is 1.99. The quantitative estimate of drug-likeness (QED) is 0.846. The number of carboxylic acid groups (broad SMARTS) is 1. The summed E-state index contributed by atoms with van der Waals surface area (Å²) in [5.74, 6) is -0.834. The molecular weight excluding hydrogens is 214 g/mol. The third kappa shape index (κ3) is 2.43. The van der Waals surface area contributed by atoms with E-state index in [1.54, 1.807) is 6.92 Å². The zero-order valence-electron chi connectivity index (χ0n) is 11.4. The smallest absolute Gasteiger partial charge is 0.325 e. The third-order valence-corrected chi connectivity index (χ3v) is 3.73. The molecule has 94 valence electrons. The van der Waals surface area contributed by atoms with Gasteiger partial charge in [0.1, 0.15) is 6.04 Å². The van der Waals surface area contributed by atoms with E-state index in [4.69, 9.17) is 5.11 Å². The highest BCUT2D eigenvalue weighted by Gasteiger charge is 2.16. The summed E-state index contributed by atoms with van der Waals surface area (Å²) in [7, 11) is 0. The van der Waals surface area contributed by atoms with Gasteiger partial charge >= 0.3 is 5.97 Å². The van der Waals surface area contributed by atoms with Gasteiger partial charge in [0, 0.05) is 5.69 Å². The van der Waals surface area contributed by atoms with Crippen LogP contribution in [0.4, 0.5) is 5.69 Å². The average molecular weight is 235 g/mol. The van der Waals surface area contributed by atoms with Crippen LogP contribution in [0.1, 0.15) is 34.7 Å². The largest absolute Gasteiger partial charge is 0.480 e. The van der Waals surface area contributed by atoms with Gasteiger partial charge in [0.15, 0.2) is 0 Å². The van der Waals surface area contributed by atoms with Gasteiger partial charge in [-0.1, -0.05) is 0 Å². The first-order valence-corrected chi connectivity index (χ1v) is 5.83. The molecule has 0 aliphatic carbocycles. The maximum atomic E-state index is 10.9. The Morgan fingerprint density at radius 3 is 1.65 bits per heavy atom. The van der Waals surface area contributed by atoms with Crippen LogP contribution in [0.2, 0.25) is 0 Å². The van der Waals surface area contributed by atoms with Crippen LogP contribution in [0.3, 0.4) is 0 Å². The molecule has 1 aromatic carbocycles. The average Bonchev–Trinajstić information content (AvgIpc) is 2.29. The van der Waals surface area contributed by atoms with E-state index in [1.807, 2.05) is 13.8 Å². The van der Waals surface area contributed by atoms with E-state index in [1.165, 1.54) is 16.7 Å². The second kappa shape index (κ2) is 4.78. The topological polar surface area (TPSA) is 49.3 Å². The molecule has 0 unspecified atom stereocenters. The third-order valence-electron chi connectivity index (χ3n) is 3.73. The number of rotatable bonds is 3. The van der Waals surface area contributed by atoms with Crippen LogP contribution in [0.5, 0.6) is 0 Å². The number of carbonyl (C=O) groups is 1. The van der Waals surface area contributed by atoms with Crippen LogP contribution in [-0.2, 0) is 4.79 Å². The Kier molecular flexibility index (Phi) is 3.81. The maximum Gasteiger partial charge on any atom is 0.325 e. The van der Waals surface area contributed by atoms with Crippen molar-refractivity contribution in [3.05, 3.63) is 27.8 Å². The van der Waals surface area contributed by atoms with Crippen LogP contribution < -0.4 is 5.32 Å². The van der Waals surface area contributed by atoms with Gasteiger partial charge in [0.05, 0.1) is 0 Å². The minimum atomic E-state index is -0.834. The van der Waals surface area contributed by atoms with Crippen molar-refractivity contribution in [2.75, 3.05) is 5.32 Å². The normalized spacial score (nSPS) is 12.4. The lowest BCUT2D eigenvalue weighted by molar-refractivity contribution is -0.137. The molecule has 0 heterocycles. The van der Waals surface area contributed by atoms with Crippen molar-refractivity contribution >= 4 is 11.7 Å². The lowest BCUT2D eigenvalue weighted by atomic mass is 9.92. The van der Waals surface area contributed by atoms with Gasteiger partial charge in [-0.15, -0.1) is 0 Å². The van der Waals surface area contributed by atoms with Crippen LogP contribution in [0.25, 0.3) is 0 Å². The molecule has 17 heavy (non-hydrogen) atoms. The summed E-state index contributed by atoms with van der Waals surface area (Å²) < 4.78 is 0. The number of hydrogen-bond acceptors (Lipinski definition) is 2. The Labute approximate surface area is 103 Å². The van der Waals surface area contributed by atoms with E-state index in [9.17, 15) is 4.79 Å². The second-order valence-electron chi connectivity index (χ2n) is 4.70. The monoisotopic (exact) mass is 235 g/mol. The van der Waals surface area contributed by atoms with Crippen LogP contribution >= 0.6 is 0 Å². The van der Waals surface area contributed by atoms with Gasteiger partial charge in [-0.25, -0.2) is 0 Å². The molecule has 3 heteroatoms. The second-order valence-corrected chi connectivity index (χ2v) is 4.70. The molecule has 3 nitrogen and oxygen atoms in total. The molecule has 0 aliphatic rings. The van der Waals surface area contributed by atoms with Crippen molar-refractivity contribution in [1.29, 1.82) is 0 Å². The molecule has 1 atom stereocenters. The van der Waals surface area contributed by atoms with Gasteiger partial charge in [-0.2, -0.15) is 0 Å². The standard InChI is InChI=1S/C14H21NO2/c1-7-8(2)10(4)13(11(5)9(7)3)15-12(6)14(16)17/h12,15H,1-6H3,(H,16,17)/t12-/m0/s1. The number of benzene rings is 1. The summed E-state index contributed by atoms with van der Waals surface area (Å²) in [6.45, 7) is 12.0. The number of nitrogens with one attached hydrogen (secondary N) is 1. The lowest BCUT2D eigenvalue weighted by Crippen LogP contribution is -2.26. The van der Waals surface area contributed by atoms with Crippen molar-refractivity contribution in [2.45, 2.75) is 47.6 Å². The molecule has 0 amide bonds. The van der Waals surface area contributed by atoms with Crippen LogP contribution in [0, 0.1) is 34.6 Å². The molecule has 0 radical (unpaired) electrons. The highest BCUT2D eigenvalue weighted by Crippen LogP contribution is 2.30. The molecule has 0 saturated heterocycles. The zero-order valence-corrected chi connectivity index (χ0v) is 11.4. The molecule has 0 bridgehead atoms. The van der Waals surface area contributed by atoms with E-state index in [0.29, 0.717) is 0 Å². The van der Waals surface area contributed by atoms with Crippen molar-refractivity contribution < 1.29 is 9.90 Å². The molecule has 0 spiro atoms. The summed E-state index contributed by atoms with van der Waals surface area (Å²) in [5.41, 5.74) is 6.98. The highest BCUT2D eigenvalue weighted by molar-refractivity contribution is 5.78. The Balaban J connectivity index is 3.30. The molecule has 0 fully saturated rings. The minimum absolute atomic E-state index is 0.575. The molecule has 0 saturated carbocycles. The van der Waals surface area contributed by atoms with Crippen LogP contribution in [-0.4, -0.2) is 17.1 Å². The Bertz CT molecular complexity index is 435. The molecule has 1 aromatic rings. The maximum absolute atomic E-state index is 10.9. The minimum Gasteiger partial charge on any atom is -0.480 e. The molecule has 2 N–H and O–H groups in total. The van der Waals surface area contributed by atoms with Gasteiger partial charge < -0.3 is 10.4 Å². The van der Waals surface area contributed by atoms with Gasteiger partial charge in [-0.05, 0) is 69.4 Å². The molecule has 0 aliphatic heterocycles. The molecule has 0 aromatic heterocycles. The summed E-state index contributed by atoms with van der Waals surface area (Å²) >= 11 is 0. The highest BCUT2D eigenvalue weighted by atomic mass is 16.4. The Hall–Kier alpha value is -1.51. The Morgan fingerprint density at radius 2 is 1.29 bits per heavy atom. The van der Waals surface area contributed by atoms with Gasteiger partial charge in [0.25, 0.3) is 0 Å². The lowest BCUT2D eigenvalue weighted by Gasteiger charge is -2.21. The first kappa shape index (κ1) is 13.6. The fourth-order valence-electron chi connectivity index (χ4n) is 1.99. The number of aliphatic carboxylic acids is 1. The number of hydrogen-bond donors (Lipinski definition) is 2. The molecule has 1 rings (SSSR count). The predicted octanol–water partition coefficient (Wildman–Crippen LogP) is 3.11. The van der Waals surface area contributed by atoms with E-state index in [-0.39, 0.29) is 0 Å². The van der Waals surface area contributed by atoms with Crippen molar-refractivity contribution in [3.63, 3.8) is 0 Å². The summed E-state index contributed by atoms with van der Waals surface area (Å²) in [4.78, 5) is 10.9. The number of carboxylic acids is 1. The Morgan fingerprint density at radius 1 is 0.941 bits per heavy atom. The van der Waals surface area contributed by atoms with Gasteiger partial charge in [-0.3, -0.25) is 4.79 Å². The van der Waals surface area contributed by atoms with Crippen LogP contribution in [0.15, 0.2) is 0 Å². The fraction of sp³-hybridized carbons (Fsp3) is 0.500. The summed E-state index contributed by atoms with van der Waals surface area (Å²) in [6, 6.07) is -0.575. The van der Waals surface area contributed by atoms with Crippen molar-refractivity contribution in [2.24, 2.45) is 0 Å². The van der Waals surface area contributed by atoms with E-state index in [2.05, 4.69) is 26.1 Å². The molecular formula is C14H21NO2. The predicted molar refractivity (Wildman–Crippen MR) is 70.8 cm³/mol. The number of anilines is 1. The van der Waals surface area contributed by atoms with Crippen molar-refractivity contribution in [3.8, 4) is 0 Å².